The Morgan fingerprint density at radius 2 is 1.82 bits per heavy atom. The van der Waals surface area contributed by atoms with Gasteiger partial charge in [-0.1, -0.05) is 29.5 Å². The summed E-state index contributed by atoms with van der Waals surface area (Å²) in [6.45, 7) is 3.93. The van der Waals surface area contributed by atoms with Crippen LogP contribution in [0.2, 0.25) is 0 Å². The van der Waals surface area contributed by atoms with Crippen molar-refractivity contribution in [3.8, 4) is 5.75 Å². The number of hydrogen-bond acceptors (Lipinski definition) is 8. The van der Waals surface area contributed by atoms with Crippen molar-refractivity contribution >= 4 is 50.1 Å². The number of aryl methyl sites for hydroxylation is 1. The minimum absolute atomic E-state index is 0.0129. The van der Waals surface area contributed by atoms with Crippen LogP contribution in [-0.2, 0) is 20.7 Å². The highest BCUT2D eigenvalue weighted by Gasteiger charge is 2.48. The molecule has 2 aliphatic heterocycles. The minimum atomic E-state index is -0.957. The second-order valence-corrected chi connectivity index (χ2v) is 10.7. The zero-order valence-corrected chi connectivity index (χ0v) is 22.2. The van der Waals surface area contributed by atoms with Crippen LogP contribution in [0.1, 0.15) is 45.6 Å². The van der Waals surface area contributed by atoms with Crippen molar-refractivity contribution in [2.24, 2.45) is 0 Å². The summed E-state index contributed by atoms with van der Waals surface area (Å²) >= 11 is 1.30. The van der Waals surface area contributed by atoms with Gasteiger partial charge in [-0.2, -0.15) is 0 Å². The van der Waals surface area contributed by atoms with Gasteiger partial charge in [0.05, 0.1) is 34.5 Å². The second-order valence-electron chi connectivity index (χ2n) is 9.71. The number of aromatic nitrogens is 1. The number of Topliss-reactive ketones (excluding diaryl/α,β-unsaturated/α-hetero) is 1. The molecular weight excluding hydrogens is 516 g/mol. The summed E-state index contributed by atoms with van der Waals surface area (Å²) in [7, 11) is 1.29. The van der Waals surface area contributed by atoms with Crippen molar-refractivity contribution in [3.05, 3.63) is 94.1 Å². The highest BCUT2D eigenvalue weighted by atomic mass is 32.1. The first kappa shape index (κ1) is 24.8. The molecule has 4 aromatic rings. The average molecular weight is 541 g/mol. The summed E-state index contributed by atoms with van der Waals surface area (Å²) in [6, 6.07) is 16.5. The molecule has 1 N–H and O–H groups in total. The van der Waals surface area contributed by atoms with E-state index in [1.807, 2.05) is 32.0 Å². The van der Waals surface area contributed by atoms with E-state index in [1.54, 1.807) is 42.5 Å². The Labute approximate surface area is 228 Å². The number of carbonyl (C=O) groups excluding carboxylic acids is 3. The van der Waals surface area contributed by atoms with Crippen LogP contribution in [0, 0.1) is 6.92 Å². The maximum atomic E-state index is 13.5. The van der Waals surface area contributed by atoms with Gasteiger partial charge in [-0.25, -0.2) is 9.78 Å². The van der Waals surface area contributed by atoms with Crippen molar-refractivity contribution < 1.29 is 29.0 Å². The molecular formula is C30H24N2O6S. The number of carbonyl (C=O) groups is 3. The normalized spacial score (nSPS) is 19.8. The maximum Gasteiger partial charge on any atom is 0.337 e. The van der Waals surface area contributed by atoms with E-state index in [9.17, 15) is 19.5 Å². The molecule has 9 heteroatoms. The molecule has 0 radical (unpaired) electrons. The standard InChI is InChI=1S/C30H24N2O6S/c1-15-4-10-21-23(12-15)39-30(31-21)32-25(17-5-7-18(8-6-17)29(36)37-3)24(27(34)28(32)35)26(33)19-9-11-22-20(14-19)13-16(2)38-22/h4-12,14,16,25,33H,13H2,1-3H3. The molecule has 6 rings (SSSR count). The molecule has 1 saturated heterocycles. The molecule has 1 amide bonds. The van der Waals surface area contributed by atoms with E-state index in [0.717, 1.165) is 21.6 Å². The molecule has 0 aliphatic carbocycles. The van der Waals surface area contributed by atoms with Crippen LogP contribution in [0.4, 0.5) is 5.13 Å². The molecule has 8 nitrogen and oxygen atoms in total. The van der Waals surface area contributed by atoms with Gasteiger partial charge in [0.15, 0.2) is 5.13 Å². The molecule has 0 saturated carbocycles. The lowest BCUT2D eigenvalue weighted by atomic mass is 9.94. The zero-order chi connectivity index (χ0) is 27.4. The Bertz CT molecular complexity index is 1700. The van der Waals surface area contributed by atoms with Gasteiger partial charge in [0.1, 0.15) is 17.6 Å². The lowest BCUT2D eigenvalue weighted by molar-refractivity contribution is -0.132. The van der Waals surface area contributed by atoms with Crippen LogP contribution in [-0.4, -0.2) is 41.0 Å². The Kier molecular flexibility index (Phi) is 5.95. The number of thiazole rings is 1. The number of methoxy groups -OCH3 is 1. The fraction of sp³-hybridized carbons (Fsp3) is 0.200. The minimum Gasteiger partial charge on any atom is -0.507 e. The molecule has 1 fully saturated rings. The lowest BCUT2D eigenvalue weighted by Crippen LogP contribution is -2.29. The number of ether oxygens (including phenoxy) is 2. The van der Waals surface area contributed by atoms with Gasteiger partial charge in [-0.15, -0.1) is 0 Å². The topological polar surface area (TPSA) is 106 Å². The highest BCUT2D eigenvalue weighted by molar-refractivity contribution is 7.22. The SMILES string of the molecule is COC(=O)c1ccc(C2C(=C(O)c3ccc4c(c3)CC(C)O4)C(=O)C(=O)N2c2nc3ccc(C)cc3s2)cc1. The largest absolute Gasteiger partial charge is 0.507 e. The van der Waals surface area contributed by atoms with E-state index in [-0.39, 0.29) is 17.4 Å². The molecule has 2 aliphatic rings. The zero-order valence-electron chi connectivity index (χ0n) is 21.4. The Morgan fingerprint density at radius 1 is 1.08 bits per heavy atom. The molecule has 196 valence electrons. The molecule has 2 atom stereocenters. The van der Waals surface area contributed by atoms with Gasteiger partial charge in [0.25, 0.3) is 5.78 Å². The summed E-state index contributed by atoms with van der Waals surface area (Å²) in [4.78, 5) is 45.1. The number of aliphatic hydroxyl groups excluding tert-OH is 1. The van der Waals surface area contributed by atoms with Gasteiger partial charge < -0.3 is 14.6 Å². The van der Waals surface area contributed by atoms with Gasteiger partial charge in [-0.3, -0.25) is 14.5 Å². The molecule has 2 unspecified atom stereocenters. The summed E-state index contributed by atoms with van der Waals surface area (Å²) in [5, 5.41) is 11.8. The first-order valence-electron chi connectivity index (χ1n) is 12.4. The van der Waals surface area contributed by atoms with Gasteiger partial charge in [0, 0.05) is 12.0 Å². The van der Waals surface area contributed by atoms with Gasteiger partial charge in [-0.05, 0) is 73.0 Å². The summed E-state index contributed by atoms with van der Waals surface area (Å²) in [6.07, 6.45) is 0.688. The van der Waals surface area contributed by atoms with Crippen molar-refractivity contribution in [2.75, 3.05) is 12.0 Å². The number of esters is 1. The van der Waals surface area contributed by atoms with Crippen molar-refractivity contribution in [1.82, 2.24) is 4.98 Å². The number of rotatable bonds is 4. The van der Waals surface area contributed by atoms with Crippen LogP contribution in [0.25, 0.3) is 16.0 Å². The Morgan fingerprint density at radius 3 is 2.56 bits per heavy atom. The van der Waals surface area contributed by atoms with Crippen LogP contribution < -0.4 is 9.64 Å². The average Bonchev–Trinajstić information content (AvgIpc) is 3.59. The molecule has 39 heavy (non-hydrogen) atoms. The van der Waals surface area contributed by atoms with Crippen LogP contribution in [0.15, 0.2) is 66.2 Å². The van der Waals surface area contributed by atoms with E-state index >= 15 is 0 Å². The van der Waals surface area contributed by atoms with Crippen molar-refractivity contribution in [1.29, 1.82) is 0 Å². The second kappa shape index (κ2) is 9.36. The van der Waals surface area contributed by atoms with E-state index in [2.05, 4.69) is 4.98 Å². The quantitative estimate of drug-likeness (QED) is 0.161. The fourth-order valence-electron chi connectivity index (χ4n) is 5.11. The third kappa shape index (κ3) is 4.15. The predicted molar refractivity (Wildman–Crippen MR) is 147 cm³/mol. The Balaban J connectivity index is 1.52. The maximum absolute atomic E-state index is 13.5. The molecule has 0 spiro atoms. The number of aliphatic hydroxyl groups is 1. The van der Waals surface area contributed by atoms with E-state index < -0.39 is 23.7 Å². The van der Waals surface area contributed by atoms with Gasteiger partial charge in [0.2, 0.25) is 0 Å². The lowest BCUT2D eigenvalue weighted by Gasteiger charge is -2.23. The van der Waals surface area contributed by atoms with Gasteiger partial charge >= 0.3 is 11.9 Å². The number of hydrogen-bond donors (Lipinski definition) is 1. The third-order valence-corrected chi connectivity index (χ3v) is 8.02. The highest BCUT2D eigenvalue weighted by Crippen LogP contribution is 2.45. The third-order valence-electron chi connectivity index (χ3n) is 7.00. The summed E-state index contributed by atoms with van der Waals surface area (Å²) < 4.78 is 11.5. The van der Waals surface area contributed by atoms with Crippen LogP contribution in [0.5, 0.6) is 5.75 Å². The summed E-state index contributed by atoms with van der Waals surface area (Å²) in [5.41, 5.74) is 3.90. The fourth-order valence-corrected chi connectivity index (χ4v) is 6.20. The number of benzene rings is 3. The smallest absolute Gasteiger partial charge is 0.337 e. The van der Waals surface area contributed by atoms with Crippen molar-refractivity contribution in [3.63, 3.8) is 0 Å². The number of anilines is 1. The van der Waals surface area contributed by atoms with E-state index in [4.69, 9.17) is 9.47 Å². The number of fused-ring (bicyclic) bond motifs is 2. The van der Waals surface area contributed by atoms with E-state index in [1.165, 1.54) is 23.3 Å². The summed E-state index contributed by atoms with van der Waals surface area (Å²) in [5.74, 6) is -1.65. The Hall–Kier alpha value is -4.50. The monoisotopic (exact) mass is 540 g/mol. The molecule has 0 bridgehead atoms. The molecule has 3 heterocycles. The first-order valence-corrected chi connectivity index (χ1v) is 13.2. The number of amides is 1. The van der Waals surface area contributed by atoms with E-state index in [0.29, 0.717) is 33.8 Å². The predicted octanol–water partition coefficient (Wildman–Crippen LogP) is 5.34. The molecule has 1 aromatic heterocycles. The van der Waals surface area contributed by atoms with Crippen LogP contribution in [0.3, 0.4) is 0 Å². The van der Waals surface area contributed by atoms with Crippen molar-refractivity contribution in [2.45, 2.75) is 32.4 Å². The van der Waals surface area contributed by atoms with Crippen LogP contribution >= 0.6 is 11.3 Å². The number of ketones is 1. The number of nitrogens with zero attached hydrogens (tertiary/aromatic N) is 2. The first-order chi connectivity index (χ1) is 18.7. The molecule has 3 aromatic carbocycles.